The Balaban J connectivity index is 1.96. The predicted octanol–water partition coefficient (Wildman–Crippen LogP) is 4.63. The van der Waals surface area contributed by atoms with Gasteiger partial charge in [0.2, 0.25) is 0 Å². The van der Waals surface area contributed by atoms with E-state index in [1.165, 1.54) is 4.31 Å². The van der Waals surface area contributed by atoms with E-state index in [0.29, 0.717) is 15.3 Å². The van der Waals surface area contributed by atoms with Crippen LogP contribution < -0.4 is 4.31 Å². The van der Waals surface area contributed by atoms with E-state index in [2.05, 4.69) is 0 Å². The Labute approximate surface area is 146 Å². The summed E-state index contributed by atoms with van der Waals surface area (Å²) in [6, 6.07) is 18.2. The highest BCUT2D eigenvalue weighted by Gasteiger charge is 2.36. The normalized spacial score (nSPS) is 17.2. The molecule has 1 aliphatic rings. The minimum absolute atomic E-state index is 0.109. The average Bonchev–Trinajstić information content (AvgIpc) is 2.91. The number of rotatable bonds is 2. The average molecular weight is 358 g/mol. The van der Waals surface area contributed by atoms with Crippen LogP contribution in [0, 0.1) is 0 Å². The number of hydrogen-bond acceptors (Lipinski definition) is 2. The summed E-state index contributed by atoms with van der Waals surface area (Å²) < 4.78 is 28.4. The fraction of sp³-hybridized carbons (Fsp3) is 0.158. The number of halogens is 1. The van der Waals surface area contributed by atoms with Crippen molar-refractivity contribution in [1.29, 1.82) is 0 Å². The van der Waals surface area contributed by atoms with Gasteiger partial charge in [0.1, 0.15) is 0 Å². The van der Waals surface area contributed by atoms with Crippen molar-refractivity contribution in [3.63, 3.8) is 0 Å². The zero-order valence-electron chi connectivity index (χ0n) is 13.1. The number of benzene rings is 3. The van der Waals surface area contributed by atoms with Gasteiger partial charge in [-0.3, -0.25) is 4.31 Å². The number of para-hydroxylation sites is 1. The van der Waals surface area contributed by atoms with E-state index in [4.69, 9.17) is 11.6 Å². The lowest BCUT2D eigenvalue weighted by molar-refractivity contribution is 0.585. The van der Waals surface area contributed by atoms with Gasteiger partial charge in [-0.25, -0.2) is 8.42 Å². The molecule has 0 saturated heterocycles. The molecule has 0 amide bonds. The van der Waals surface area contributed by atoms with Crippen LogP contribution in [0.15, 0.2) is 65.6 Å². The van der Waals surface area contributed by atoms with Gasteiger partial charge < -0.3 is 0 Å². The molecule has 3 aromatic rings. The molecule has 4 rings (SSSR count). The minimum atomic E-state index is -3.67. The summed E-state index contributed by atoms with van der Waals surface area (Å²) in [5.41, 5.74) is 1.83. The number of anilines is 1. The Morgan fingerprint density at radius 2 is 1.62 bits per heavy atom. The van der Waals surface area contributed by atoms with Gasteiger partial charge in [-0.15, -0.1) is 0 Å². The highest BCUT2D eigenvalue weighted by Crippen LogP contribution is 2.39. The Bertz CT molecular complexity index is 1050. The van der Waals surface area contributed by atoms with Crippen LogP contribution in [0.3, 0.4) is 0 Å². The maximum Gasteiger partial charge on any atom is 0.265 e. The Morgan fingerprint density at radius 3 is 2.42 bits per heavy atom. The van der Waals surface area contributed by atoms with Crippen molar-refractivity contribution in [2.75, 3.05) is 4.31 Å². The van der Waals surface area contributed by atoms with Crippen LogP contribution in [0.25, 0.3) is 10.8 Å². The van der Waals surface area contributed by atoms with Gasteiger partial charge in [0.15, 0.2) is 0 Å². The van der Waals surface area contributed by atoms with Crippen molar-refractivity contribution in [1.82, 2.24) is 0 Å². The van der Waals surface area contributed by atoms with Crippen LogP contribution in [-0.2, 0) is 16.4 Å². The standard InChI is InChI=1S/C19H16ClNO2S/c1-13-12-14-6-2-5-9-18(14)21(13)24(22,23)19-11-10-17(20)15-7-3-4-8-16(15)19/h2-11,13H,12H2,1H3. The molecule has 122 valence electrons. The molecule has 24 heavy (non-hydrogen) atoms. The topological polar surface area (TPSA) is 37.4 Å². The summed E-state index contributed by atoms with van der Waals surface area (Å²) in [5.74, 6) is 0. The largest absolute Gasteiger partial charge is 0.265 e. The van der Waals surface area contributed by atoms with E-state index in [9.17, 15) is 8.42 Å². The molecule has 0 N–H and O–H groups in total. The summed E-state index contributed by atoms with van der Waals surface area (Å²) in [7, 11) is -3.67. The second-order valence-corrected chi connectivity index (χ2v) is 8.26. The van der Waals surface area contributed by atoms with Gasteiger partial charge in [0.25, 0.3) is 10.0 Å². The van der Waals surface area contributed by atoms with Gasteiger partial charge in [-0.1, -0.05) is 54.1 Å². The highest BCUT2D eigenvalue weighted by atomic mass is 35.5. The molecule has 5 heteroatoms. The van der Waals surface area contributed by atoms with Gasteiger partial charge >= 0.3 is 0 Å². The monoisotopic (exact) mass is 357 g/mol. The quantitative estimate of drug-likeness (QED) is 0.670. The van der Waals surface area contributed by atoms with E-state index < -0.39 is 10.0 Å². The van der Waals surface area contributed by atoms with Crippen LogP contribution in [0.1, 0.15) is 12.5 Å². The zero-order valence-corrected chi connectivity index (χ0v) is 14.7. The second-order valence-electron chi connectivity index (χ2n) is 6.07. The SMILES string of the molecule is CC1Cc2ccccc2N1S(=O)(=O)c1ccc(Cl)c2ccccc12. The minimum Gasteiger partial charge on any atom is -0.263 e. The lowest BCUT2D eigenvalue weighted by atomic mass is 10.1. The molecule has 1 atom stereocenters. The predicted molar refractivity (Wildman–Crippen MR) is 98.2 cm³/mol. The van der Waals surface area contributed by atoms with Crippen molar-refractivity contribution in [3.05, 3.63) is 71.2 Å². The molecule has 1 heterocycles. The second kappa shape index (κ2) is 5.50. The third-order valence-corrected chi connectivity index (χ3v) is 6.83. The number of sulfonamides is 1. The Hall–Kier alpha value is -2.04. The zero-order chi connectivity index (χ0) is 16.9. The van der Waals surface area contributed by atoms with E-state index in [1.54, 1.807) is 18.2 Å². The van der Waals surface area contributed by atoms with Crippen molar-refractivity contribution < 1.29 is 8.42 Å². The molecule has 0 radical (unpaired) electrons. The van der Waals surface area contributed by atoms with Gasteiger partial charge in [0.05, 0.1) is 10.6 Å². The third kappa shape index (κ3) is 2.21. The molecule has 0 aliphatic carbocycles. The number of nitrogens with zero attached hydrogens (tertiary/aromatic N) is 1. The number of fused-ring (bicyclic) bond motifs is 2. The highest BCUT2D eigenvalue weighted by molar-refractivity contribution is 7.93. The van der Waals surface area contributed by atoms with E-state index >= 15 is 0 Å². The summed E-state index contributed by atoms with van der Waals surface area (Å²) in [6.45, 7) is 1.94. The van der Waals surface area contributed by atoms with Gasteiger partial charge in [-0.2, -0.15) is 0 Å². The fourth-order valence-corrected chi connectivity index (χ4v) is 5.59. The first kappa shape index (κ1) is 15.5. The third-order valence-electron chi connectivity index (χ3n) is 4.51. The molecule has 0 bridgehead atoms. The molecule has 1 unspecified atom stereocenters. The molecule has 0 aromatic heterocycles. The first-order chi connectivity index (χ1) is 11.5. The first-order valence-electron chi connectivity index (χ1n) is 7.80. The van der Waals surface area contributed by atoms with Gasteiger partial charge in [0, 0.05) is 21.8 Å². The first-order valence-corrected chi connectivity index (χ1v) is 9.61. The molecular weight excluding hydrogens is 342 g/mol. The Morgan fingerprint density at radius 1 is 0.958 bits per heavy atom. The molecule has 0 saturated carbocycles. The molecule has 3 nitrogen and oxygen atoms in total. The van der Waals surface area contributed by atoms with Crippen LogP contribution in [-0.4, -0.2) is 14.5 Å². The summed E-state index contributed by atoms with van der Waals surface area (Å²) >= 11 is 6.24. The smallest absolute Gasteiger partial charge is 0.263 e. The molecule has 3 aromatic carbocycles. The lowest BCUT2D eigenvalue weighted by Crippen LogP contribution is -2.35. The maximum absolute atomic E-state index is 13.4. The van der Waals surface area contributed by atoms with Crippen molar-refractivity contribution in [2.45, 2.75) is 24.3 Å². The summed E-state index contributed by atoms with van der Waals surface area (Å²) in [5, 5.41) is 1.96. The van der Waals surface area contributed by atoms with E-state index in [1.807, 2.05) is 49.4 Å². The molecular formula is C19H16ClNO2S. The number of hydrogen-bond donors (Lipinski definition) is 0. The Kier molecular flexibility index (Phi) is 3.55. The van der Waals surface area contributed by atoms with E-state index in [0.717, 1.165) is 23.1 Å². The summed E-state index contributed by atoms with van der Waals surface area (Å²) in [6.07, 6.45) is 0.723. The van der Waals surface area contributed by atoms with Crippen LogP contribution in [0.5, 0.6) is 0 Å². The molecule has 0 fully saturated rings. The van der Waals surface area contributed by atoms with Crippen LogP contribution in [0.4, 0.5) is 5.69 Å². The van der Waals surface area contributed by atoms with Crippen molar-refractivity contribution >= 4 is 38.1 Å². The van der Waals surface area contributed by atoms with E-state index in [-0.39, 0.29) is 6.04 Å². The lowest BCUT2D eigenvalue weighted by Gasteiger charge is -2.25. The summed E-state index contributed by atoms with van der Waals surface area (Å²) in [4.78, 5) is 0.297. The van der Waals surface area contributed by atoms with Crippen molar-refractivity contribution in [3.8, 4) is 0 Å². The fourth-order valence-electron chi connectivity index (χ4n) is 3.47. The van der Waals surface area contributed by atoms with Crippen LogP contribution in [0.2, 0.25) is 5.02 Å². The molecule has 1 aliphatic heterocycles. The van der Waals surface area contributed by atoms with Crippen molar-refractivity contribution in [2.24, 2.45) is 0 Å². The maximum atomic E-state index is 13.4. The molecule has 0 spiro atoms. The van der Waals surface area contributed by atoms with Crippen LogP contribution >= 0.6 is 11.6 Å². The van der Waals surface area contributed by atoms with Gasteiger partial charge in [-0.05, 0) is 37.1 Å².